The number of halogens is 1. The van der Waals surface area contributed by atoms with E-state index in [4.69, 9.17) is 4.74 Å². The highest BCUT2D eigenvalue weighted by molar-refractivity contribution is 5.21. The number of nitrogens with one attached hydrogen (secondary N) is 1. The monoisotopic (exact) mass is 267 g/mol. The molecule has 2 unspecified atom stereocenters. The predicted molar refractivity (Wildman–Crippen MR) is 77.7 cm³/mol. The molecule has 3 heteroatoms. The fourth-order valence-electron chi connectivity index (χ4n) is 2.22. The van der Waals surface area contributed by atoms with Crippen LogP contribution < -0.4 is 5.32 Å². The van der Waals surface area contributed by atoms with Gasteiger partial charge < -0.3 is 10.1 Å². The molecule has 0 amide bonds. The fraction of sp³-hybridized carbons (Fsp3) is 0.625. The molecule has 0 fully saturated rings. The van der Waals surface area contributed by atoms with Crippen LogP contribution in [0.1, 0.15) is 45.7 Å². The van der Waals surface area contributed by atoms with Gasteiger partial charge in [0, 0.05) is 19.2 Å². The molecule has 0 aliphatic carbocycles. The molecule has 0 saturated carbocycles. The summed E-state index contributed by atoms with van der Waals surface area (Å²) < 4.78 is 18.3. The SMILES string of the molecule is CCC(COC)NC(c1ccc(F)cc1)C(C)(C)C. The van der Waals surface area contributed by atoms with Crippen LogP contribution in [0.2, 0.25) is 0 Å². The third kappa shape index (κ3) is 4.92. The van der Waals surface area contributed by atoms with Gasteiger partial charge in [-0.1, -0.05) is 39.8 Å². The van der Waals surface area contributed by atoms with Crippen LogP contribution in [0.5, 0.6) is 0 Å². The van der Waals surface area contributed by atoms with Gasteiger partial charge in [0.15, 0.2) is 0 Å². The molecule has 1 aromatic rings. The van der Waals surface area contributed by atoms with Crippen LogP contribution >= 0.6 is 0 Å². The summed E-state index contributed by atoms with van der Waals surface area (Å²) in [4.78, 5) is 0. The van der Waals surface area contributed by atoms with Crippen LogP contribution in [-0.2, 0) is 4.74 Å². The Morgan fingerprint density at radius 3 is 2.21 bits per heavy atom. The zero-order valence-electron chi connectivity index (χ0n) is 12.7. The lowest BCUT2D eigenvalue weighted by molar-refractivity contribution is 0.141. The Morgan fingerprint density at radius 1 is 1.21 bits per heavy atom. The number of methoxy groups -OCH3 is 1. The van der Waals surface area contributed by atoms with E-state index >= 15 is 0 Å². The Hall–Kier alpha value is -0.930. The second-order valence-electron chi connectivity index (χ2n) is 6.08. The molecule has 1 N–H and O–H groups in total. The van der Waals surface area contributed by atoms with Gasteiger partial charge in [-0.05, 0) is 29.5 Å². The van der Waals surface area contributed by atoms with E-state index in [1.54, 1.807) is 7.11 Å². The molecule has 0 heterocycles. The van der Waals surface area contributed by atoms with Crippen LogP contribution in [0.3, 0.4) is 0 Å². The average molecular weight is 267 g/mol. The largest absolute Gasteiger partial charge is 0.383 e. The molecule has 1 rings (SSSR count). The summed E-state index contributed by atoms with van der Waals surface area (Å²) >= 11 is 0. The van der Waals surface area contributed by atoms with Gasteiger partial charge in [0.05, 0.1) is 6.61 Å². The molecule has 108 valence electrons. The summed E-state index contributed by atoms with van der Waals surface area (Å²) in [5.74, 6) is -0.194. The van der Waals surface area contributed by atoms with Gasteiger partial charge in [0.25, 0.3) is 0 Å². The Bertz CT molecular complexity index is 369. The van der Waals surface area contributed by atoms with Crippen molar-refractivity contribution in [3.05, 3.63) is 35.6 Å². The minimum absolute atomic E-state index is 0.0546. The van der Waals surface area contributed by atoms with Crippen molar-refractivity contribution in [1.82, 2.24) is 5.32 Å². The van der Waals surface area contributed by atoms with Gasteiger partial charge in [-0.2, -0.15) is 0 Å². The van der Waals surface area contributed by atoms with E-state index in [1.165, 1.54) is 12.1 Å². The van der Waals surface area contributed by atoms with Gasteiger partial charge in [-0.25, -0.2) is 4.39 Å². The van der Waals surface area contributed by atoms with Crippen molar-refractivity contribution in [1.29, 1.82) is 0 Å². The van der Waals surface area contributed by atoms with Crippen molar-refractivity contribution in [2.75, 3.05) is 13.7 Å². The van der Waals surface area contributed by atoms with Gasteiger partial charge in [0.2, 0.25) is 0 Å². The van der Waals surface area contributed by atoms with Crippen LogP contribution in [0.4, 0.5) is 4.39 Å². The van der Waals surface area contributed by atoms with Crippen molar-refractivity contribution in [2.45, 2.75) is 46.2 Å². The summed E-state index contributed by atoms with van der Waals surface area (Å²) in [7, 11) is 1.72. The van der Waals surface area contributed by atoms with Crippen molar-refractivity contribution in [3.8, 4) is 0 Å². The molecule has 0 radical (unpaired) electrons. The van der Waals surface area contributed by atoms with E-state index in [0.717, 1.165) is 12.0 Å². The molecule has 2 atom stereocenters. The lowest BCUT2D eigenvalue weighted by Gasteiger charge is -2.35. The van der Waals surface area contributed by atoms with E-state index in [1.807, 2.05) is 12.1 Å². The molecule has 0 saturated heterocycles. The predicted octanol–water partition coefficient (Wildman–Crippen LogP) is 3.93. The molecule has 0 aromatic heterocycles. The lowest BCUT2D eigenvalue weighted by atomic mass is 9.82. The Kier molecular flexibility index (Phi) is 5.95. The van der Waals surface area contributed by atoms with Gasteiger partial charge >= 0.3 is 0 Å². The minimum Gasteiger partial charge on any atom is -0.383 e. The van der Waals surface area contributed by atoms with E-state index in [2.05, 4.69) is 33.0 Å². The van der Waals surface area contributed by atoms with Crippen molar-refractivity contribution >= 4 is 0 Å². The molecular weight excluding hydrogens is 241 g/mol. The number of ether oxygens (including phenoxy) is 1. The summed E-state index contributed by atoms with van der Waals surface area (Å²) in [6.07, 6.45) is 1.00. The number of rotatable bonds is 6. The highest BCUT2D eigenvalue weighted by Crippen LogP contribution is 2.33. The van der Waals surface area contributed by atoms with Crippen molar-refractivity contribution < 1.29 is 9.13 Å². The third-order valence-corrected chi connectivity index (χ3v) is 3.33. The Morgan fingerprint density at radius 2 is 1.79 bits per heavy atom. The van der Waals surface area contributed by atoms with E-state index in [-0.39, 0.29) is 17.3 Å². The fourth-order valence-corrected chi connectivity index (χ4v) is 2.22. The van der Waals surface area contributed by atoms with Gasteiger partial charge in [0.1, 0.15) is 5.82 Å². The van der Waals surface area contributed by atoms with E-state index in [9.17, 15) is 4.39 Å². The van der Waals surface area contributed by atoms with Crippen molar-refractivity contribution in [2.24, 2.45) is 5.41 Å². The number of hydrogen-bond donors (Lipinski definition) is 1. The second-order valence-corrected chi connectivity index (χ2v) is 6.08. The standard InChI is InChI=1S/C16H26FNO/c1-6-14(11-19-5)18-15(16(2,3)4)12-7-9-13(17)10-8-12/h7-10,14-15,18H,6,11H2,1-5H3. The zero-order valence-corrected chi connectivity index (χ0v) is 12.7. The maximum atomic E-state index is 13.1. The maximum absolute atomic E-state index is 13.1. The van der Waals surface area contributed by atoms with Crippen molar-refractivity contribution in [3.63, 3.8) is 0 Å². The number of benzene rings is 1. The highest BCUT2D eigenvalue weighted by Gasteiger charge is 2.27. The first-order valence-electron chi connectivity index (χ1n) is 6.89. The highest BCUT2D eigenvalue weighted by atomic mass is 19.1. The third-order valence-electron chi connectivity index (χ3n) is 3.33. The first kappa shape index (κ1) is 16.1. The summed E-state index contributed by atoms with van der Waals surface area (Å²) in [6, 6.07) is 7.24. The maximum Gasteiger partial charge on any atom is 0.123 e. The summed E-state index contributed by atoms with van der Waals surface area (Å²) in [5.41, 5.74) is 1.17. The molecule has 0 bridgehead atoms. The normalized spacial score (nSPS) is 15.3. The molecule has 2 nitrogen and oxygen atoms in total. The number of hydrogen-bond acceptors (Lipinski definition) is 2. The van der Waals surface area contributed by atoms with E-state index < -0.39 is 0 Å². The molecule has 1 aromatic carbocycles. The molecular formula is C16H26FNO. The second kappa shape index (κ2) is 7.01. The minimum atomic E-state index is -0.194. The first-order chi connectivity index (χ1) is 8.88. The lowest BCUT2D eigenvalue weighted by Crippen LogP contribution is -2.41. The summed E-state index contributed by atoms with van der Waals surface area (Å²) in [5, 5.41) is 3.63. The van der Waals surface area contributed by atoms with Crippen LogP contribution in [0.15, 0.2) is 24.3 Å². The summed E-state index contributed by atoms with van der Waals surface area (Å²) in [6.45, 7) is 9.39. The van der Waals surface area contributed by atoms with Crippen LogP contribution in [0, 0.1) is 11.2 Å². The molecule has 0 aliphatic rings. The van der Waals surface area contributed by atoms with Crippen LogP contribution in [-0.4, -0.2) is 19.8 Å². The average Bonchev–Trinajstić information content (AvgIpc) is 2.34. The Balaban J connectivity index is 2.92. The van der Waals surface area contributed by atoms with Gasteiger partial charge in [-0.15, -0.1) is 0 Å². The van der Waals surface area contributed by atoms with Crippen LogP contribution in [0.25, 0.3) is 0 Å². The smallest absolute Gasteiger partial charge is 0.123 e. The van der Waals surface area contributed by atoms with E-state index in [0.29, 0.717) is 12.6 Å². The van der Waals surface area contributed by atoms with Gasteiger partial charge in [-0.3, -0.25) is 0 Å². The first-order valence-corrected chi connectivity index (χ1v) is 6.89. The molecule has 19 heavy (non-hydrogen) atoms. The zero-order chi connectivity index (χ0) is 14.5. The Labute approximate surface area is 116 Å². The topological polar surface area (TPSA) is 21.3 Å². The molecule has 0 aliphatic heterocycles. The quantitative estimate of drug-likeness (QED) is 0.843. The molecule has 0 spiro atoms.